The number of hydrogen-bond donors (Lipinski definition) is 1. The zero-order chi connectivity index (χ0) is 14.2. The second-order valence-corrected chi connectivity index (χ2v) is 7.36. The van der Waals surface area contributed by atoms with Gasteiger partial charge in [-0.15, -0.1) is 0 Å². The van der Waals surface area contributed by atoms with Crippen LogP contribution in [0, 0.1) is 17.8 Å². The lowest BCUT2D eigenvalue weighted by Crippen LogP contribution is -2.29. The molecule has 21 heavy (non-hydrogen) atoms. The summed E-state index contributed by atoms with van der Waals surface area (Å²) in [5.74, 6) is 3.74. The first-order valence-electron chi connectivity index (χ1n) is 8.53. The van der Waals surface area contributed by atoms with Crippen LogP contribution in [0.5, 0.6) is 0 Å². The van der Waals surface area contributed by atoms with Crippen LogP contribution >= 0.6 is 0 Å². The molecule has 3 atom stereocenters. The molecule has 1 N–H and O–H groups in total. The van der Waals surface area contributed by atoms with E-state index in [1.807, 2.05) is 12.4 Å². The third-order valence-electron chi connectivity index (χ3n) is 5.60. The summed E-state index contributed by atoms with van der Waals surface area (Å²) in [6, 6.07) is 0.741. The van der Waals surface area contributed by atoms with Crippen molar-refractivity contribution >= 4 is 5.95 Å². The molecule has 3 saturated carbocycles. The van der Waals surface area contributed by atoms with Gasteiger partial charge < -0.3 is 10.2 Å². The van der Waals surface area contributed by atoms with Crippen LogP contribution in [0.1, 0.15) is 44.1 Å². The topological polar surface area (TPSA) is 41.1 Å². The van der Waals surface area contributed by atoms with Crippen molar-refractivity contribution in [1.82, 2.24) is 15.3 Å². The van der Waals surface area contributed by atoms with Crippen molar-refractivity contribution < 1.29 is 0 Å². The van der Waals surface area contributed by atoms with Gasteiger partial charge in [-0.1, -0.05) is 6.42 Å². The lowest BCUT2D eigenvalue weighted by Gasteiger charge is -2.27. The van der Waals surface area contributed by atoms with Gasteiger partial charge in [-0.25, -0.2) is 9.97 Å². The summed E-state index contributed by atoms with van der Waals surface area (Å²) in [6.07, 6.45) is 12.4. The Morgan fingerprint density at radius 2 is 1.95 bits per heavy atom. The Balaban J connectivity index is 1.32. The van der Waals surface area contributed by atoms with Crippen LogP contribution in [-0.2, 0) is 6.54 Å². The molecule has 0 spiro atoms. The van der Waals surface area contributed by atoms with E-state index in [-0.39, 0.29) is 0 Å². The van der Waals surface area contributed by atoms with Gasteiger partial charge in [0.2, 0.25) is 5.95 Å². The standard InChI is InChI=1S/C17H26N4/c1-21(11-15-7-12-2-3-14(15)6-12)17-19-9-13(10-20-17)8-18-16-4-5-16/h9-10,12,14-16,18H,2-8,11H2,1H3. The van der Waals surface area contributed by atoms with Gasteiger partial charge in [-0.3, -0.25) is 0 Å². The molecule has 2 bridgehead atoms. The van der Waals surface area contributed by atoms with Crippen molar-refractivity contribution in [3.8, 4) is 0 Å². The molecule has 3 fully saturated rings. The second kappa shape index (κ2) is 5.56. The first kappa shape index (κ1) is 13.5. The monoisotopic (exact) mass is 286 g/mol. The molecule has 0 aromatic carbocycles. The zero-order valence-electron chi connectivity index (χ0n) is 13.0. The summed E-state index contributed by atoms with van der Waals surface area (Å²) in [7, 11) is 2.14. The predicted octanol–water partition coefficient (Wildman–Crippen LogP) is 2.60. The number of aromatic nitrogens is 2. The second-order valence-electron chi connectivity index (χ2n) is 7.36. The molecule has 3 aliphatic rings. The van der Waals surface area contributed by atoms with Crippen molar-refractivity contribution in [3.05, 3.63) is 18.0 Å². The lowest BCUT2D eigenvalue weighted by atomic mass is 9.88. The van der Waals surface area contributed by atoms with E-state index in [0.717, 1.165) is 42.8 Å². The number of nitrogens with one attached hydrogen (secondary N) is 1. The largest absolute Gasteiger partial charge is 0.344 e. The minimum absolute atomic E-state index is 0.741. The predicted molar refractivity (Wildman–Crippen MR) is 84.1 cm³/mol. The first-order chi connectivity index (χ1) is 10.3. The molecule has 0 amide bonds. The Bertz CT molecular complexity index is 482. The maximum absolute atomic E-state index is 4.56. The average Bonchev–Trinajstić information content (AvgIpc) is 3.11. The Kier molecular flexibility index (Phi) is 3.57. The molecule has 3 aliphatic carbocycles. The third kappa shape index (κ3) is 3.05. The van der Waals surface area contributed by atoms with Gasteiger partial charge in [-0.05, 0) is 49.9 Å². The van der Waals surface area contributed by atoms with Gasteiger partial charge >= 0.3 is 0 Å². The Morgan fingerprint density at radius 1 is 1.14 bits per heavy atom. The van der Waals surface area contributed by atoms with Crippen LogP contribution in [0.2, 0.25) is 0 Å². The molecule has 1 aromatic heterocycles. The summed E-state index contributed by atoms with van der Waals surface area (Å²) >= 11 is 0. The van der Waals surface area contributed by atoms with Crippen molar-refractivity contribution in [2.24, 2.45) is 17.8 Å². The van der Waals surface area contributed by atoms with Gasteiger partial charge in [0, 0.05) is 44.1 Å². The van der Waals surface area contributed by atoms with Crippen molar-refractivity contribution in [3.63, 3.8) is 0 Å². The summed E-state index contributed by atoms with van der Waals surface area (Å²) in [6.45, 7) is 2.03. The maximum Gasteiger partial charge on any atom is 0.225 e. The SMILES string of the molecule is CN(CC1CC2CCC1C2)c1ncc(CNC2CC2)cn1. The summed E-state index contributed by atoms with van der Waals surface area (Å²) in [4.78, 5) is 11.4. The lowest BCUT2D eigenvalue weighted by molar-refractivity contribution is 0.336. The van der Waals surface area contributed by atoms with E-state index in [1.165, 1.54) is 44.1 Å². The van der Waals surface area contributed by atoms with E-state index in [4.69, 9.17) is 0 Å². The van der Waals surface area contributed by atoms with Gasteiger partial charge in [-0.2, -0.15) is 0 Å². The zero-order valence-corrected chi connectivity index (χ0v) is 13.0. The molecule has 0 saturated heterocycles. The average molecular weight is 286 g/mol. The van der Waals surface area contributed by atoms with Crippen molar-refractivity contribution in [2.75, 3.05) is 18.5 Å². The minimum atomic E-state index is 0.741. The fourth-order valence-corrected chi connectivity index (χ4v) is 4.22. The molecule has 4 nitrogen and oxygen atoms in total. The van der Waals surface area contributed by atoms with E-state index in [2.05, 4.69) is 27.2 Å². The van der Waals surface area contributed by atoms with E-state index in [9.17, 15) is 0 Å². The molecule has 1 heterocycles. The van der Waals surface area contributed by atoms with Gasteiger partial charge in [0.1, 0.15) is 0 Å². The van der Waals surface area contributed by atoms with E-state index >= 15 is 0 Å². The Hall–Kier alpha value is -1.16. The fourth-order valence-electron chi connectivity index (χ4n) is 4.22. The van der Waals surface area contributed by atoms with Crippen LogP contribution in [0.3, 0.4) is 0 Å². The first-order valence-corrected chi connectivity index (χ1v) is 8.53. The molecule has 4 heteroatoms. The minimum Gasteiger partial charge on any atom is -0.344 e. The molecule has 114 valence electrons. The number of rotatable bonds is 6. The van der Waals surface area contributed by atoms with E-state index in [1.54, 1.807) is 0 Å². The number of nitrogens with zero attached hydrogens (tertiary/aromatic N) is 3. The highest BCUT2D eigenvalue weighted by Crippen LogP contribution is 2.48. The number of hydrogen-bond acceptors (Lipinski definition) is 4. The number of anilines is 1. The van der Waals surface area contributed by atoms with Crippen molar-refractivity contribution in [1.29, 1.82) is 0 Å². The smallest absolute Gasteiger partial charge is 0.225 e. The van der Waals surface area contributed by atoms with Gasteiger partial charge in [0.15, 0.2) is 0 Å². The van der Waals surface area contributed by atoms with Crippen molar-refractivity contribution in [2.45, 2.75) is 51.1 Å². The third-order valence-corrected chi connectivity index (χ3v) is 5.60. The van der Waals surface area contributed by atoms with Crippen LogP contribution < -0.4 is 10.2 Å². The van der Waals surface area contributed by atoms with Crippen LogP contribution in [-0.4, -0.2) is 29.6 Å². The Morgan fingerprint density at radius 3 is 2.57 bits per heavy atom. The quantitative estimate of drug-likeness (QED) is 0.873. The molecular formula is C17H26N4. The van der Waals surface area contributed by atoms with Gasteiger partial charge in [0.05, 0.1) is 0 Å². The van der Waals surface area contributed by atoms with E-state index in [0.29, 0.717) is 0 Å². The molecule has 0 aliphatic heterocycles. The van der Waals surface area contributed by atoms with Crippen LogP contribution in [0.4, 0.5) is 5.95 Å². The summed E-state index contributed by atoms with van der Waals surface area (Å²) in [5, 5.41) is 3.50. The normalized spacial score (nSPS) is 30.8. The maximum atomic E-state index is 4.56. The van der Waals surface area contributed by atoms with Gasteiger partial charge in [0.25, 0.3) is 0 Å². The molecular weight excluding hydrogens is 260 g/mol. The fraction of sp³-hybridized carbons (Fsp3) is 0.765. The van der Waals surface area contributed by atoms with Crippen LogP contribution in [0.25, 0.3) is 0 Å². The molecule has 3 unspecified atom stereocenters. The number of fused-ring (bicyclic) bond motifs is 2. The summed E-state index contributed by atoms with van der Waals surface area (Å²) in [5.41, 5.74) is 1.19. The highest BCUT2D eigenvalue weighted by atomic mass is 15.2. The highest BCUT2D eigenvalue weighted by Gasteiger charge is 2.39. The molecule has 4 rings (SSSR count). The molecule has 0 radical (unpaired) electrons. The highest BCUT2D eigenvalue weighted by molar-refractivity contribution is 5.28. The van der Waals surface area contributed by atoms with E-state index < -0.39 is 0 Å². The van der Waals surface area contributed by atoms with Crippen LogP contribution in [0.15, 0.2) is 12.4 Å². The molecule has 1 aromatic rings. The summed E-state index contributed by atoms with van der Waals surface area (Å²) < 4.78 is 0. The Labute approximate surface area is 127 Å².